The quantitative estimate of drug-likeness (QED) is 0.459. The maximum absolute atomic E-state index is 12.3. The first-order valence-corrected chi connectivity index (χ1v) is 9.04. The Hall–Kier alpha value is -4.13. The molecule has 10 heteroatoms. The molecule has 7 nitrogen and oxygen atoms in total. The molecule has 0 aliphatic heterocycles. The van der Waals surface area contributed by atoms with Crippen LogP contribution < -0.4 is 4.74 Å². The van der Waals surface area contributed by atoms with E-state index in [1.807, 2.05) is 19.1 Å². The number of nitrogens with zero attached hydrogens (tertiary/aromatic N) is 5. The van der Waals surface area contributed by atoms with Crippen LogP contribution in [0.25, 0.3) is 23.0 Å². The largest absolute Gasteiger partial charge is 0.573 e. The molecular formula is C21H14F3N5O2. The molecule has 0 unspecified atom stereocenters. The summed E-state index contributed by atoms with van der Waals surface area (Å²) in [6.07, 6.45) is -4.75. The SMILES string of the molecule is Cc1cc(-c2nc(-c3ccc(OC(F)(F)F)cc3)no2)nn1Cc1ccc(C#N)cc1. The van der Waals surface area contributed by atoms with E-state index in [-0.39, 0.29) is 17.5 Å². The van der Waals surface area contributed by atoms with E-state index in [1.165, 1.54) is 24.3 Å². The average molecular weight is 425 g/mol. The molecule has 2 aromatic carbocycles. The van der Waals surface area contributed by atoms with Gasteiger partial charge in [-0.2, -0.15) is 15.3 Å². The third-order valence-corrected chi connectivity index (χ3v) is 4.39. The number of hydrogen-bond acceptors (Lipinski definition) is 6. The topological polar surface area (TPSA) is 89.8 Å². The Balaban J connectivity index is 1.51. The maximum Gasteiger partial charge on any atom is 0.573 e. The second-order valence-corrected chi connectivity index (χ2v) is 6.63. The van der Waals surface area contributed by atoms with Crippen LogP contribution in [0, 0.1) is 18.3 Å². The van der Waals surface area contributed by atoms with Crippen LogP contribution in [0.2, 0.25) is 0 Å². The smallest absolute Gasteiger partial charge is 0.406 e. The van der Waals surface area contributed by atoms with Crippen LogP contribution in [0.4, 0.5) is 13.2 Å². The Morgan fingerprint density at radius 1 is 1.10 bits per heavy atom. The molecule has 156 valence electrons. The first-order chi connectivity index (χ1) is 14.8. The number of hydrogen-bond donors (Lipinski definition) is 0. The van der Waals surface area contributed by atoms with Crippen molar-refractivity contribution >= 4 is 0 Å². The number of alkyl halides is 3. The number of ether oxygens (including phenoxy) is 1. The van der Waals surface area contributed by atoms with Crippen molar-refractivity contribution in [2.45, 2.75) is 19.8 Å². The van der Waals surface area contributed by atoms with E-state index in [9.17, 15) is 13.2 Å². The molecule has 4 aromatic rings. The van der Waals surface area contributed by atoms with Gasteiger partial charge in [-0.25, -0.2) is 0 Å². The van der Waals surface area contributed by atoms with Gasteiger partial charge in [-0.05, 0) is 55.0 Å². The van der Waals surface area contributed by atoms with E-state index in [2.05, 4.69) is 26.0 Å². The Morgan fingerprint density at radius 2 is 1.81 bits per heavy atom. The minimum atomic E-state index is -4.75. The molecule has 31 heavy (non-hydrogen) atoms. The van der Waals surface area contributed by atoms with Gasteiger partial charge in [0.05, 0.1) is 18.2 Å². The van der Waals surface area contributed by atoms with Crippen LogP contribution in [0.1, 0.15) is 16.8 Å². The lowest BCUT2D eigenvalue weighted by Gasteiger charge is -2.08. The van der Waals surface area contributed by atoms with Crippen molar-refractivity contribution < 1.29 is 22.4 Å². The third kappa shape index (κ3) is 4.72. The Labute approximate surface area is 174 Å². The van der Waals surface area contributed by atoms with Gasteiger partial charge in [0.1, 0.15) is 5.75 Å². The number of aryl methyl sites for hydroxylation is 1. The molecule has 0 spiro atoms. The van der Waals surface area contributed by atoms with Crippen LogP contribution in [-0.4, -0.2) is 26.3 Å². The lowest BCUT2D eigenvalue weighted by atomic mass is 10.1. The van der Waals surface area contributed by atoms with E-state index < -0.39 is 6.36 Å². The number of halogens is 3. The summed E-state index contributed by atoms with van der Waals surface area (Å²) >= 11 is 0. The number of nitriles is 1. The van der Waals surface area contributed by atoms with Gasteiger partial charge in [0.25, 0.3) is 5.89 Å². The van der Waals surface area contributed by atoms with Gasteiger partial charge in [0.15, 0.2) is 5.69 Å². The summed E-state index contributed by atoms with van der Waals surface area (Å²) in [5, 5.41) is 17.3. The molecule has 0 radical (unpaired) electrons. The highest BCUT2D eigenvalue weighted by atomic mass is 19.4. The molecule has 2 aromatic heterocycles. The third-order valence-electron chi connectivity index (χ3n) is 4.39. The summed E-state index contributed by atoms with van der Waals surface area (Å²) in [6, 6.07) is 16.2. The fourth-order valence-corrected chi connectivity index (χ4v) is 2.88. The minimum Gasteiger partial charge on any atom is -0.406 e. The van der Waals surface area contributed by atoms with Crippen molar-refractivity contribution in [1.82, 2.24) is 19.9 Å². The molecular weight excluding hydrogens is 411 g/mol. The minimum absolute atomic E-state index is 0.187. The lowest BCUT2D eigenvalue weighted by molar-refractivity contribution is -0.274. The summed E-state index contributed by atoms with van der Waals surface area (Å²) in [5.41, 5.74) is 3.37. The van der Waals surface area contributed by atoms with Gasteiger partial charge in [0.2, 0.25) is 5.82 Å². The van der Waals surface area contributed by atoms with E-state index in [0.717, 1.165) is 11.3 Å². The van der Waals surface area contributed by atoms with E-state index in [0.29, 0.717) is 23.4 Å². The number of benzene rings is 2. The molecule has 0 saturated carbocycles. The zero-order chi connectivity index (χ0) is 22.0. The Kier molecular flexibility index (Phi) is 5.17. The maximum atomic E-state index is 12.3. The van der Waals surface area contributed by atoms with Crippen LogP contribution in [0.3, 0.4) is 0 Å². The average Bonchev–Trinajstić information content (AvgIpc) is 3.35. The van der Waals surface area contributed by atoms with Crippen molar-refractivity contribution in [2.24, 2.45) is 0 Å². The summed E-state index contributed by atoms with van der Waals surface area (Å²) in [4.78, 5) is 4.29. The molecule has 2 heterocycles. The van der Waals surface area contributed by atoms with E-state index >= 15 is 0 Å². The molecule has 0 amide bonds. The normalized spacial score (nSPS) is 11.3. The van der Waals surface area contributed by atoms with Gasteiger partial charge in [-0.3, -0.25) is 4.68 Å². The fraction of sp³-hybridized carbons (Fsp3) is 0.143. The van der Waals surface area contributed by atoms with Crippen molar-refractivity contribution in [3.05, 3.63) is 71.4 Å². The Morgan fingerprint density at radius 3 is 2.45 bits per heavy atom. The zero-order valence-corrected chi connectivity index (χ0v) is 16.1. The highest BCUT2D eigenvalue weighted by Gasteiger charge is 2.31. The van der Waals surface area contributed by atoms with Crippen molar-refractivity contribution in [3.63, 3.8) is 0 Å². The lowest BCUT2D eigenvalue weighted by Crippen LogP contribution is -2.16. The number of rotatable bonds is 5. The van der Waals surface area contributed by atoms with Crippen LogP contribution in [-0.2, 0) is 6.54 Å². The molecule has 0 N–H and O–H groups in total. The van der Waals surface area contributed by atoms with Crippen molar-refractivity contribution in [1.29, 1.82) is 5.26 Å². The van der Waals surface area contributed by atoms with E-state index in [1.54, 1.807) is 22.9 Å². The summed E-state index contributed by atoms with van der Waals surface area (Å²) in [6.45, 7) is 2.38. The predicted octanol–water partition coefficient (Wildman–Crippen LogP) is 4.73. The first-order valence-electron chi connectivity index (χ1n) is 9.04. The number of aromatic nitrogens is 4. The molecule has 0 aliphatic rings. The molecule has 0 bridgehead atoms. The molecule has 0 aliphatic carbocycles. The Bertz CT molecular complexity index is 1240. The van der Waals surface area contributed by atoms with Crippen molar-refractivity contribution in [3.8, 4) is 34.8 Å². The van der Waals surface area contributed by atoms with Crippen LogP contribution >= 0.6 is 0 Å². The van der Waals surface area contributed by atoms with Gasteiger partial charge in [-0.15, -0.1) is 13.2 Å². The highest BCUT2D eigenvalue weighted by Crippen LogP contribution is 2.27. The first kappa shape index (κ1) is 20.2. The van der Waals surface area contributed by atoms with Gasteiger partial charge in [0, 0.05) is 11.3 Å². The molecule has 0 saturated heterocycles. The summed E-state index contributed by atoms with van der Waals surface area (Å²) in [5.74, 6) is 0.0669. The summed E-state index contributed by atoms with van der Waals surface area (Å²) in [7, 11) is 0. The molecule has 0 atom stereocenters. The monoisotopic (exact) mass is 425 g/mol. The fourth-order valence-electron chi connectivity index (χ4n) is 2.88. The summed E-state index contributed by atoms with van der Waals surface area (Å²) < 4.78 is 47.7. The van der Waals surface area contributed by atoms with Crippen LogP contribution in [0.5, 0.6) is 5.75 Å². The van der Waals surface area contributed by atoms with Gasteiger partial charge in [-0.1, -0.05) is 17.3 Å². The zero-order valence-electron chi connectivity index (χ0n) is 16.1. The second-order valence-electron chi connectivity index (χ2n) is 6.63. The second kappa shape index (κ2) is 7.95. The predicted molar refractivity (Wildman–Crippen MR) is 103 cm³/mol. The van der Waals surface area contributed by atoms with E-state index in [4.69, 9.17) is 9.78 Å². The van der Waals surface area contributed by atoms with Gasteiger partial charge >= 0.3 is 6.36 Å². The molecule has 0 fully saturated rings. The van der Waals surface area contributed by atoms with Gasteiger partial charge < -0.3 is 9.26 Å². The van der Waals surface area contributed by atoms with Crippen LogP contribution in [0.15, 0.2) is 59.1 Å². The highest BCUT2D eigenvalue weighted by molar-refractivity contribution is 5.59. The standard InChI is InChI=1S/C21H14F3N5O2/c1-13-10-18(27-29(13)12-15-4-2-14(11-25)3-5-15)20-26-19(28-31-20)16-6-8-17(9-7-16)30-21(22,23)24/h2-10H,12H2,1H3. The van der Waals surface area contributed by atoms with Crippen molar-refractivity contribution in [2.75, 3.05) is 0 Å². The molecule has 4 rings (SSSR count).